The van der Waals surface area contributed by atoms with Gasteiger partial charge in [-0.15, -0.1) is 0 Å². The molecule has 1 aromatic carbocycles. The van der Waals surface area contributed by atoms with Gasteiger partial charge < -0.3 is 4.65 Å². The first-order valence-electron chi connectivity index (χ1n) is 3.95. The first kappa shape index (κ1) is 12.0. The van der Waals surface area contributed by atoms with E-state index in [0.29, 0.717) is 0 Å². The number of hydrogen-bond acceptors (Lipinski definition) is 1. The minimum atomic E-state index is -2.17. The van der Waals surface area contributed by atoms with Gasteiger partial charge >= 0.3 is 0 Å². The van der Waals surface area contributed by atoms with Crippen molar-refractivity contribution in [3.05, 3.63) is 34.6 Å². The highest BCUT2D eigenvalue weighted by atomic mass is 19.2. The molecule has 0 radical (unpaired) electrons. The molecule has 0 saturated carbocycles. The van der Waals surface area contributed by atoms with E-state index in [-0.39, 0.29) is 0 Å². The van der Waals surface area contributed by atoms with Crippen LogP contribution in [-0.4, -0.2) is 8.05 Å². The van der Waals surface area contributed by atoms with E-state index in [9.17, 15) is 22.0 Å². The lowest BCUT2D eigenvalue weighted by molar-refractivity contribution is 0.228. The van der Waals surface area contributed by atoms with E-state index in [1.807, 2.05) is 0 Å². The van der Waals surface area contributed by atoms with Crippen LogP contribution in [0.3, 0.4) is 0 Å². The Labute approximate surface area is 83.3 Å². The molecular weight excluding hydrogens is 218 g/mol. The lowest BCUT2D eigenvalue weighted by atomic mass is 10.1. The molecule has 1 rings (SSSR count). The van der Waals surface area contributed by atoms with E-state index in [1.54, 1.807) is 0 Å². The number of rotatable bonds is 2. The summed E-state index contributed by atoms with van der Waals surface area (Å²) in [6.45, 7) is 1.18. The summed E-state index contributed by atoms with van der Waals surface area (Å²) in [4.78, 5) is 0. The molecule has 0 heterocycles. The first-order chi connectivity index (χ1) is 6.91. The molecule has 0 N–H and O–H groups in total. The smallest absolute Gasteiger partial charge is 0.258 e. The zero-order valence-corrected chi connectivity index (χ0v) is 7.88. The van der Waals surface area contributed by atoms with Crippen molar-refractivity contribution >= 4 is 8.05 Å². The van der Waals surface area contributed by atoms with Gasteiger partial charge in [0.2, 0.25) is 5.82 Å². The van der Waals surface area contributed by atoms with Crippen LogP contribution in [0, 0.1) is 29.1 Å². The van der Waals surface area contributed by atoms with Crippen molar-refractivity contribution in [3.8, 4) is 0 Å². The summed E-state index contributed by atoms with van der Waals surface area (Å²) in [5.74, 6) is -9.82. The Morgan fingerprint density at radius 2 is 1.20 bits per heavy atom. The van der Waals surface area contributed by atoms with Gasteiger partial charge in [0.15, 0.2) is 23.3 Å². The summed E-state index contributed by atoms with van der Waals surface area (Å²) in [6.07, 6.45) is -1.21. The van der Waals surface area contributed by atoms with Gasteiger partial charge in [0.25, 0.3) is 8.05 Å². The Hall–Kier alpha value is -1.11. The maximum Gasteiger partial charge on any atom is 0.258 e. The van der Waals surface area contributed by atoms with Gasteiger partial charge in [-0.05, 0) is 6.92 Å². The van der Waals surface area contributed by atoms with Crippen molar-refractivity contribution in [1.82, 2.24) is 0 Å². The molecule has 0 saturated heterocycles. The van der Waals surface area contributed by atoms with Crippen LogP contribution in [0.15, 0.2) is 0 Å². The monoisotopic (exact) mass is 224 g/mol. The molecule has 7 heteroatoms. The Morgan fingerprint density at radius 1 is 0.867 bits per heavy atom. The molecule has 1 unspecified atom stereocenters. The van der Waals surface area contributed by atoms with Gasteiger partial charge in [-0.1, -0.05) is 0 Å². The van der Waals surface area contributed by atoms with E-state index in [1.165, 1.54) is 6.92 Å². The van der Waals surface area contributed by atoms with Crippen LogP contribution in [0.5, 0.6) is 0 Å². The standard InChI is InChI=1S/C8H6BF5O/c1-2(15-9)3-4(10)6(12)8(14)7(13)5(3)11/h2H,9H2,1H3. The second-order valence-electron chi connectivity index (χ2n) is 2.86. The highest BCUT2D eigenvalue weighted by Crippen LogP contribution is 2.28. The third kappa shape index (κ3) is 1.83. The Kier molecular flexibility index (Phi) is 3.33. The molecular formula is C8H6BF5O. The summed E-state index contributed by atoms with van der Waals surface area (Å²) in [6, 6.07) is 0. The zero-order valence-electron chi connectivity index (χ0n) is 7.88. The van der Waals surface area contributed by atoms with Gasteiger partial charge in [0.05, 0.1) is 11.7 Å². The molecule has 0 amide bonds. The topological polar surface area (TPSA) is 9.23 Å². The number of halogens is 5. The zero-order chi connectivity index (χ0) is 11.7. The lowest BCUT2D eigenvalue weighted by Gasteiger charge is -2.13. The molecule has 0 spiro atoms. The fraction of sp³-hybridized carbons (Fsp3) is 0.250. The number of hydrogen-bond donors (Lipinski definition) is 0. The third-order valence-electron chi connectivity index (χ3n) is 2.00. The molecule has 1 atom stereocenters. The minimum Gasteiger partial charge on any atom is -0.437 e. The fourth-order valence-electron chi connectivity index (χ4n) is 1.10. The Morgan fingerprint density at radius 3 is 1.53 bits per heavy atom. The highest BCUT2D eigenvalue weighted by Gasteiger charge is 2.28. The summed E-state index contributed by atoms with van der Waals surface area (Å²) >= 11 is 0. The molecule has 0 aliphatic heterocycles. The molecule has 0 aliphatic carbocycles. The second kappa shape index (κ2) is 4.18. The second-order valence-corrected chi connectivity index (χ2v) is 2.86. The average Bonchev–Trinajstić information content (AvgIpc) is 2.23. The van der Waals surface area contributed by atoms with Gasteiger partial charge in [-0.3, -0.25) is 0 Å². The summed E-state index contributed by atoms with van der Waals surface area (Å²) in [7, 11) is 1.10. The van der Waals surface area contributed by atoms with Gasteiger partial charge in [0, 0.05) is 0 Å². The predicted octanol–water partition coefficient (Wildman–Crippen LogP) is 2.01. The molecule has 0 aliphatic rings. The first-order valence-corrected chi connectivity index (χ1v) is 3.95. The molecule has 15 heavy (non-hydrogen) atoms. The van der Waals surface area contributed by atoms with Crippen LogP contribution in [0.25, 0.3) is 0 Å². The molecule has 0 aromatic heterocycles. The van der Waals surface area contributed by atoms with Crippen molar-refractivity contribution in [2.75, 3.05) is 0 Å². The molecule has 1 nitrogen and oxygen atoms in total. The van der Waals surface area contributed by atoms with Crippen LogP contribution in [0.4, 0.5) is 22.0 Å². The normalized spacial score (nSPS) is 12.9. The number of benzene rings is 1. The van der Waals surface area contributed by atoms with E-state index >= 15 is 0 Å². The van der Waals surface area contributed by atoms with Gasteiger partial charge in [-0.25, -0.2) is 22.0 Å². The van der Waals surface area contributed by atoms with Crippen LogP contribution in [0.1, 0.15) is 18.6 Å². The van der Waals surface area contributed by atoms with Gasteiger partial charge in [-0.2, -0.15) is 0 Å². The largest absolute Gasteiger partial charge is 0.437 e. The van der Waals surface area contributed by atoms with Crippen LogP contribution < -0.4 is 0 Å². The van der Waals surface area contributed by atoms with Crippen LogP contribution in [0.2, 0.25) is 0 Å². The van der Waals surface area contributed by atoms with E-state index in [4.69, 9.17) is 0 Å². The maximum atomic E-state index is 13.0. The van der Waals surface area contributed by atoms with E-state index < -0.39 is 40.8 Å². The fourth-order valence-corrected chi connectivity index (χ4v) is 1.10. The highest BCUT2D eigenvalue weighted by molar-refractivity contribution is 5.98. The van der Waals surface area contributed by atoms with Crippen molar-refractivity contribution in [3.63, 3.8) is 0 Å². The van der Waals surface area contributed by atoms with E-state index in [2.05, 4.69) is 4.65 Å². The lowest BCUT2D eigenvalue weighted by Crippen LogP contribution is -2.11. The summed E-state index contributed by atoms with van der Waals surface area (Å²) < 4.78 is 68.6. The summed E-state index contributed by atoms with van der Waals surface area (Å²) in [5.41, 5.74) is -0.964. The maximum absolute atomic E-state index is 13.0. The van der Waals surface area contributed by atoms with Crippen LogP contribution >= 0.6 is 0 Å². The third-order valence-corrected chi connectivity index (χ3v) is 2.00. The SMILES string of the molecule is BOC(C)c1c(F)c(F)c(F)c(F)c1F. The predicted molar refractivity (Wildman–Crippen MR) is 44.3 cm³/mol. The average molecular weight is 224 g/mol. The van der Waals surface area contributed by atoms with Gasteiger partial charge in [0.1, 0.15) is 0 Å². The Bertz CT molecular complexity index is 366. The van der Waals surface area contributed by atoms with Crippen molar-refractivity contribution in [2.24, 2.45) is 0 Å². The summed E-state index contributed by atoms with van der Waals surface area (Å²) in [5, 5.41) is 0. The Balaban J connectivity index is 3.52. The van der Waals surface area contributed by atoms with Crippen molar-refractivity contribution < 1.29 is 26.6 Å². The van der Waals surface area contributed by atoms with Crippen LogP contribution in [-0.2, 0) is 4.65 Å². The van der Waals surface area contributed by atoms with E-state index in [0.717, 1.165) is 8.05 Å². The van der Waals surface area contributed by atoms with Crippen molar-refractivity contribution in [2.45, 2.75) is 13.0 Å². The molecule has 0 fully saturated rings. The quantitative estimate of drug-likeness (QED) is 0.323. The molecule has 82 valence electrons. The molecule has 0 bridgehead atoms. The van der Waals surface area contributed by atoms with Crippen molar-refractivity contribution in [1.29, 1.82) is 0 Å². The minimum absolute atomic E-state index is 0.964. The molecule has 1 aromatic rings.